The smallest absolute Gasteiger partial charge is 0.326 e. The Bertz CT molecular complexity index is 7760. The minimum absolute atomic E-state index is 0. The number of rotatable bonds is 23. The van der Waals surface area contributed by atoms with Gasteiger partial charge in [0.25, 0.3) is 58.4 Å². The normalized spacial score (nSPS) is 12.6. The van der Waals surface area contributed by atoms with Crippen molar-refractivity contribution in [1.29, 1.82) is 5.26 Å². The van der Waals surface area contributed by atoms with Crippen LogP contribution in [0, 0.1) is 31.0 Å². The first kappa shape index (κ1) is 110. The van der Waals surface area contributed by atoms with E-state index in [-0.39, 0.29) is 67.7 Å². The van der Waals surface area contributed by atoms with Gasteiger partial charge in [0.15, 0.2) is 0 Å². The molecule has 0 aliphatic carbocycles. The van der Waals surface area contributed by atoms with Gasteiger partial charge in [0, 0.05) is 126 Å². The Morgan fingerprint density at radius 2 is 0.613 bits per heavy atom. The Labute approximate surface area is 893 Å². The van der Waals surface area contributed by atoms with Gasteiger partial charge >= 0.3 is 11.9 Å². The third-order valence-electron chi connectivity index (χ3n) is 22.3. The molecule has 7 radical (unpaired) electrons. The monoisotopic (exact) mass is 2060 g/mol. The van der Waals surface area contributed by atoms with Crippen molar-refractivity contribution in [2.24, 2.45) is 0 Å². The van der Waals surface area contributed by atoms with Crippen LogP contribution < -0.4 is 30.2 Å². The molecule has 4 aromatic heterocycles. The third kappa shape index (κ3) is 25.7. The predicted octanol–water partition coefficient (Wildman–Crippen LogP) is 26.0. The highest BCUT2D eigenvalue weighted by Crippen LogP contribution is 2.46. The Balaban J connectivity index is 0.000000171. The fraction of sp³-hybridized carbons (Fsp3) is 0.0678. The van der Waals surface area contributed by atoms with Gasteiger partial charge in [0.2, 0.25) is 5.91 Å². The van der Waals surface area contributed by atoms with E-state index >= 15 is 0 Å². The first-order valence-corrected chi connectivity index (χ1v) is 48.8. The number of amides is 8. The van der Waals surface area contributed by atoms with Gasteiger partial charge in [-0.2, -0.15) is 5.26 Å². The zero-order valence-corrected chi connectivity index (χ0v) is 83.1. The summed E-state index contributed by atoms with van der Waals surface area (Å²) in [6.45, 7) is 25.9. The molecule has 8 heterocycles. The zero-order valence-electron chi connectivity index (χ0n) is 79.1. The van der Waals surface area contributed by atoms with E-state index in [0.29, 0.717) is 19.5 Å². The third-order valence-corrected chi connectivity index (χ3v) is 27.1. The first-order chi connectivity index (χ1) is 71.4. The van der Waals surface area contributed by atoms with Gasteiger partial charge in [0.1, 0.15) is 35.4 Å². The zero-order chi connectivity index (χ0) is 104. The summed E-state index contributed by atoms with van der Waals surface area (Å²) in [5, 5.41) is 23.1. The van der Waals surface area contributed by atoms with Crippen LogP contribution in [0.5, 0.6) is 0 Å². The summed E-state index contributed by atoms with van der Waals surface area (Å²) in [4.78, 5) is 145. The Morgan fingerprint density at radius 1 is 0.353 bits per heavy atom. The van der Waals surface area contributed by atoms with Gasteiger partial charge in [-0.25, -0.2) is 14.5 Å². The van der Waals surface area contributed by atoms with Gasteiger partial charge in [-0.05, 0) is 236 Å². The molecular weight excluding hydrogens is 1970 g/mol. The number of hydrogen-bond donors (Lipinski definition) is 3. The van der Waals surface area contributed by atoms with Gasteiger partial charge in [-0.1, -0.05) is 227 Å². The summed E-state index contributed by atoms with van der Waals surface area (Å²) in [6, 6.07) is 131. The predicted molar refractivity (Wildman–Crippen MR) is 601 cm³/mol. The summed E-state index contributed by atoms with van der Waals surface area (Å²) in [5.74, 6) is -7.70. The molecule has 4 aliphatic heterocycles. The van der Waals surface area contributed by atoms with Crippen LogP contribution >= 0.6 is 56.9 Å². The molecule has 20 rings (SSSR count). The molecule has 4 aliphatic rings. The molecule has 0 bridgehead atoms. The lowest BCUT2D eigenvalue weighted by molar-refractivity contribution is -0.160. The van der Waals surface area contributed by atoms with E-state index < -0.39 is 77.9 Å². The summed E-state index contributed by atoms with van der Waals surface area (Å²) in [6.07, 6.45) is 0. The van der Waals surface area contributed by atoms with Crippen LogP contribution in [0.1, 0.15) is 50.3 Å². The number of ether oxygens (including phenoxy) is 1. The maximum absolute atomic E-state index is 13.2. The second-order valence-corrected chi connectivity index (χ2v) is 37.5. The highest BCUT2D eigenvalue weighted by Gasteiger charge is 2.44. The number of esters is 1. The number of thiophene rings is 4. The van der Waals surface area contributed by atoms with Crippen molar-refractivity contribution >= 4 is 225 Å². The van der Waals surface area contributed by atoms with E-state index in [1.807, 2.05) is 230 Å². The van der Waals surface area contributed by atoms with Crippen LogP contribution in [0.15, 0.2) is 421 Å². The summed E-state index contributed by atoms with van der Waals surface area (Å²) < 4.78 is 5.27. The molecule has 12 aromatic carbocycles. The number of nitrogens with one attached hydrogen (secondary N) is 2. The SMILES string of the molecule is C.C.N#CC1=C(Cl)C(=O)NC1=O.[B].[B][B].[C-]#[N+]C1=C(c2ccc(-c3ccc(N(c4ccccc4)c4ccccc4)cc3)s2)C(=O)N(CC(=O)O)C1=O.[C-]#[N+]C1=C(c2ccc(-c3ccc(N(c4ccccc4)c4ccccc4)cc3)s2)C(=O)N(CC(=O)OC(C)(C)C)C1=O.[C-]#[N+]C1=C(c2ccc(-c3ccc(N(c4ccccc4)c4ccccc4)cc3)s2)C(=O)NC1=O.c1ccc(N(c2ccccc2)c2ccc(-c3cccs3)cc2)cc1. The van der Waals surface area contributed by atoms with Crippen LogP contribution in [0.4, 0.5) is 68.2 Å². The molecule has 3 N–H and O–H groups in total. The molecule has 0 unspecified atom stereocenters. The topological polar surface area (TPSA) is 281 Å². The van der Waals surface area contributed by atoms with Crippen molar-refractivity contribution in [3.8, 4) is 47.8 Å². The second-order valence-electron chi connectivity index (χ2n) is 32.9. The average molecular weight is 2060 g/mol. The maximum atomic E-state index is 13.2. The number of anilines is 12. The number of hydrogen-bond acceptors (Lipinski definition) is 20. The standard InChI is InChI=1S/C33H27N3O4S.C29H19N3O4S.C27H17N3O2S.C22H17NS.C5HClN2O2.2CH4.B2.B/c1-33(2,3)40-28(37)21-35-31(38)29(30(34-4)32(35)39)27-20-19-26(41-27)22-15-17-25(18-16-22)36(23-11-7-5-8-12-23)24-13-9-6-10-14-24;1-30-27-26(28(35)31(29(27)36)18-25(33)34)24-17-16-23(37-24)19-12-14-22(15-13-19)32(20-8-4-2-5-9-20)21-10-6-3-7-11-21;1-28-25-24(26(31)29-27(25)32)23-17-16-22(33-23)18-12-14-21(15-13-18)30(19-8-4-2-5-9-19)20-10-6-3-7-11-20;1-3-8-19(9-4-1)23(20-10-5-2-6-11-20)21-15-13-18(14-16-21)22-12-7-17-24-22;6-3-2(1-7)4(9)8-5(3)10;;;1-2;/h5-20H,21H2,1-3H3;2-17H,18H2,(H,33,34);2-17H,(H,29,31,32);1-17H;(H,8,9,10);2*1H4;;. The number of carboxylic acid groups (broad SMARTS) is 1. The minimum Gasteiger partial charge on any atom is -0.480 e. The fourth-order valence-electron chi connectivity index (χ4n) is 15.8. The molecule has 0 spiro atoms. The fourth-order valence-corrected chi connectivity index (χ4v) is 19.9. The van der Waals surface area contributed by atoms with E-state index in [9.17, 15) is 47.9 Å². The van der Waals surface area contributed by atoms with Crippen molar-refractivity contribution in [3.05, 3.63) is 470 Å². The Morgan fingerprint density at radius 3 is 0.853 bits per heavy atom. The molecule has 32 heteroatoms. The summed E-state index contributed by atoms with van der Waals surface area (Å²) in [7, 11) is 8.00. The average Bonchev–Trinajstić information content (AvgIpc) is 1.62. The lowest BCUT2D eigenvalue weighted by Gasteiger charge is -2.25. The van der Waals surface area contributed by atoms with Crippen molar-refractivity contribution in [1.82, 2.24) is 20.4 Å². The highest BCUT2D eigenvalue weighted by molar-refractivity contribution is 7.18. The number of benzene rings is 12. The first-order valence-electron chi connectivity index (χ1n) is 45.1. The van der Waals surface area contributed by atoms with Crippen LogP contribution in [0.2, 0.25) is 0 Å². The molecule has 0 saturated heterocycles. The minimum atomic E-state index is -1.32. The van der Waals surface area contributed by atoms with Gasteiger partial charge < -0.3 is 29.4 Å². The number of imide groups is 4. The molecular formula is C118H89B3ClN12O12S4. The number of nitrogens with zero attached hydrogens (tertiary/aromatic N) is 10. The van der Waals surface area contributed by atoms with Crippen molar-refractivity contribution in [3.63, 3.8) is 0 Å². The molecule has 150 heavy (non-hydrogen) atoms. The van der Waals surface area contributed by atoms with Crippen molar-refractivity contribution in [2.45, 2.75) is 41.2 Å². The molecule has 8 amide bonds. The van der Waals surface area contributed by atoms with Gasteiger partial charge in [-0.15, -0.1) is 45.3 Å². The number of halogens is 1. The Hall–Kier alpha value is -18.5. The van der Waals surface area contributed by atoms with E-state index in [1.165, 1.54) is 50.5 Å². The molecule has 0 fully saturated rings. The molecule has 0 saturated carbocycles. The van der Waals surface area contributed by atoms with E-state index in [2.05, 4.69) is 206 Å². The quantitative estimate of drug-likeness (QED) is 0.0232. The van der Waals surface area contributed by atoms with Gasteiger partial charge in [-0.3, -0.25) is 68.4 Å². The van der Waals surface area contributed by atoms with E-state index in [0.717, 1.165) is 104 Å². The molecule has 733 valence electrons. The van der Waals surface area contributed by atoms with Crippen LogP contribution in [-0.4, -0.2) is 117 Å². The number of carbonyl (C=O) groups excluding carboxylic acids is 9. The number of carboxylic acids is 1. The molecule has 16 aromatic rings. The van der Waals surface area contributed by atoms with Gasteiger partial charge in [0.05, 0.1) is 36.4 Å². The van der Waals surface area contributed by atoms with E-state index in [4.69, 9.17) is 46.4 Å². The molecule has 24 nitrogen and oxygen atoms in total. The lowest BCUT2D eigenvalue weighted by Crippen LogP contribution is -2.39. The second kappa shape index (κ2) is 51.4. The van der Waals surface area contributed by atoms with Crippen LogP contribution in [0.25, 0.3) is 73.0 Å². The van der Waals surface area contributed by atoms with Crippen LogP contribution in [-0.2, 0) is 52.7 Å². The lowest BCUT2D eigenvalue weighted by atomic mass is 9.81. The van der Waals surface area contributed by atoms with E-state index in [1.54, 1.807) is 50.3 Å². The van der Waals surface area contributed by atoms with Crippen molar-refractivity contribution < 1.29 is 57.8 Å². The molecule has 0 atom stereocenters. The highest BCUT2D eigenvalue weighted by atomic mass is 35.5. The number of aliphatic carboxylic acids is 1. The summed E-state index contributed by atoms with van der Waals surface area (Å²) >= 11 is 11.0. The van der Waals surface area contributed by atoms with Crippen LogP contribution in [0.3, 0.4) is 0 Å². The van der Waals surface area contributed by atoms with Crippen molar-refractivity contribution in [2.75, 3.05) is 32.7 Å². The number of para-hydroxylation sites is 8. The summed E-state index contributed by atoms with van der Waals surface area (Å²) in [5.41, 5.74) is 15.0. The number of carbonyl (C=O) groups is 10. The largest absolute Gasteiger partial charge is 0.480 e. The number of nitriles is 1. The maximum Gasteiger partial charge on any atom is 0.326 e. The Kier molecular flexibility index (Phi) is 37.8.